The molecule has 7 rings (SSSR count). The fourth-order valence-corrected chi connectivity index (χ4v) is 6.54. The first-order chi connectivity index (χ1) is 24.5. The minimum absolute atomic E-state index is 0.0129. The number of hydrogen-bond donors (Lipinski definition) is 0. The molecule has 11 heteroatoms. The van der Waals surface area contributed by atoms with Crippen molar-refractivity contribution in [3.63, 3.8) is 0 Å². The van der Waals surface area contributed by atoms with Crippen LogP contribution in [0.15, 0.2) is 144 Å². The zero-order chi connectivity index (χ0) is 34.5. The SMILES string of the molecule is COCOc1nn(Cc2ccc(-c3ccccc3-c3nnnn3C(c3ccccc3)(c3ccccc3)c3ccccc3)cc2)c(=O)c(Cl)c1Cl. The predicted molar refractivity (Wildman–Crippen MR) is 193 cm³/mol. The van der Waals surface area contributed by atoms with Gasteiger partial charge in [-0.1, -0.05) is 163 Å². The van der Waals surface area contributed by atoms with Crippen molar-refractivity contribution in [1.82, 2.24) is 30.0 Å². The van der Waals surface area contributed by atoms with E-state index in [-0.39, 0.29) is 29.3 Å². The minimum Gasteiger partial charge on any atom is -0.448 e. The lowest BCUT2D eigenvalue weighted by atomic mass is 9.77. The topological polar surface area (TPSA) is 96.9 Å². The second kappa shape index (κ2) is 14.5. The fourth-order valence-electron chi connectivity index (χ4n) is 6.19. The van der Waals surface area contributed by atoms with E-state index in [4.69, 9.17) is 37.9 Å². The van der Waals surface area contributed by atoms with Crippen molar-refractivity contribution in [2.24, 2.45) is 0 Å². The zero-order valence-corrected chi connectivity index (χ0v) is 28.4. The number of nitrogens with zero attached hydrogens (tertiary/aromatic N) is 6. The van der Waals surface area contributed by atoms with Crippen LogP contribution in [0.3, 0.4) is 0 Å². The van der Waals surface area contributed by atoms with Crippen LogP contribution in [0.4, 0.5) is 0 Å². The highest BCUT2D eigenvalue weighted by atomic mass is 35.5. The van der Waals surface area contributed by atoms with Crippen LogP contribution in [-0.4, -0.2) is 43.9 Å². The van der Waals surface area contributed by atoms with Crippen molar-refractivity contribution in [1.29, 1.82) is 0 Å². The van der Waals surface area contributed by atoms with E-state index in [2.05, 4.69) is 51.8 Å². The number of hydrogen-bond acceptors (Lipinski definition) is 7. The molecular weight excluding hydrogens is 671 g/mol. The van der Waals surface area contributed by atoms with Gasteiger partial charge in [0.05, 0.1) is 6.54 Å². The largest absolute Gasteiger partial charge is 0.448 e. The highest BCUT2D eigenvalue weighted by molar-refractivity contribution is 6.42. The van der Waals surface area contributed by atoms with Gasteiger partial charge in [0.1, 0.15) is 15.6 Å². The van der Waals surface area contributed by atoms with Crippen molar-refractivity contribution in [3.8, 4) is 28.4 Å². The van der Waals surface area contributed by atoms with Crippen LogP contribution in [0.5, 0.6) is 5.88 Å². The number of tetrazole rings is 1. The lowest BCUT2D eigenvalue weighted by molar-refractivity contribution is 0.0464. The predicted octanol–water partition coefficient (Wildman–Crippen LogP) is 7.74. The van der Waals surface area contributed by atoms with Gasteiger partial charge in [0.25, 0.3) is 11.4 Å². The van der Waals surface area contributed by atoms with E-state index in [1.54, 1.807) is 0 Å². The highest BCUT2D eigenvalue weighted by Crippen LogP contribution is 2.43. The summed E-state index contributed by atoms with van der Waals surface area (Å²) in [4.78, 5) is 12.9. The van der Waals surface area contributed by atoms with E-state index in [0.29, 0.717) is 5.82 Å². The highest BCUT2D eigenvalue weighted by Gasteiger charge is 2.42. The van der Waals surface area contributed by atoms with Crippen LogP contribution in [0.1, 0.15) is 22.3 Å². The molecule has 0 aliphatic carbocycles. The molecule has 0 radical (unpaired) electrons. The van der Waals surface area contributed by atoms with Gasteiger partial charge in [-0.2, -0.15) is 0 Å². The van der Waals surface area contributed by atoms with E-state index in [1.165, 1.54) is 11.8 Å². The maximum atomic E-state index is 12.9. The summed E-state index contributed by atoms with van der Waals surface area (Å²) >= 11 is 12.4. The molecule has 2 aromatic heterocycles. The summed E-state index contributed by atoms with van der Waals surface area (Å²) in [6, 6.07) is 46.7. The van der Waals surface area contributed by atoms with Gasteiger partial charge in [0, 0.05) is 12.7 Å². The third-order valence-electron chi connectivity index (χ3n) is 8.45. The molecule has 0 aliphatic heterocycles. The van der Waals surface area contributed by atoms with Crippen molar-refractivity contribution in [2.75, 3.05) is 13.9 Å². The van der Waals surface area contributed by atoms with Crippen molar-refractivity contribution < 1.29 is 9.47 Å². The Balaban J connectivity index is 1.32. The number of halogens is 2. The third kappa shape index (κ3) is 6.07. The Labute approximate surface area is 298 Å². The maximum Gasteiger partial charge on any atom is 0.287 e. The average molecular weight is 702 g/mol. The van der Waals surface area contributed by atoms with Gasteiger partial charge >= 0.3 is 0 Å². The molecular formula is C39H30Cl2N6O3. The summed E-state index contributed by atoms with van der Waals surface area (Å²) < 4.78 is 13.5. The van der Waals surface area contributed by atoms with Crippen LogP contribution in [0.2, 0.25) is 10.0 Å². The molecule has 0 N–H and O–H groups in total. The molecule has 0 aliphatic rings. The first kappa shape index (κ1) is 32.9. The van der Waals surface area contributed by atoms with E-state index in [9.17, 15) is 4.79 Å². The number of rotatable bonds is 11. The molecule has 0 unspecified atom stereocenters. The van der Waals surface area contributed by atoms with Gasteiger partial charge < -0.3 is 9.47 Å². The Morgan fingerprint density at radius 2 is 1.22 bits per heavy atom. The Kier molecular flexibility index (Phi) is 9.53. The third-order valence-corrected chi connectivity index (χ3v) is 9.25. The molecule has 2 heterocycles. The summed E-state index contributed by atoms with van der Waals surface area (Å²) in [6.45, 7) is 0.0504. The molecule has 0 bridgehead atoms. The molecule has 0 amide bonds. The number of methoxy groups -OCH3 is 1. The maximum absolute atomic E-state index is 12.9. The fraction of sp³-hybridized carbons (Fsp3) is 0.103. The van der Waals surface area contributed by atoms with Gasteiger partial charge in [0.2, 0.25) is 0 Å². The number of ether oxygens (including phenoxy) is 2. The minimum atomic E-state index is -0.897. The van der Waals surface area contributed by atoms with Crippen LogP contribution in [0, 0.1) is 0 Å². The monoisotopic (exact) mass is 700 g/mol. The summed E-state index contributed by atoms with van der Waals surface area (Å²) in [7, 11) is 1.47. The zero-order valence-electron chi connectivity index (χ0n) is 26.9. The van der Waals surface area contributed by atoms with E-state index in [1.807, 2.05) is 108 Å². The van der Waals surface area contributed by atoms with Crippen LogP contribution >= 0.6 is 23.2 Å². The Bertz CT molecular complexity index is 2180. The van der Waals surface area contributed by atoms with Gasteiger partial charge in [-0.25, -0.2) is 9.36 Å². The first-order valence-electron chi connectivity index (χ1n) is 15.7. The van der Waals surface area contributed by atoms with Gasteiger partial charge in [-0.3, -0.25) is 4.79 Å². The lowest BCUT2D eigenvalue weighted by Gasteiger charge is -2.36. The van der Waals surface area contributed by atoms with Crippen LogP contribution < -0.4 is 10.3 Å². The first-order valence-corrected chi connectivity index (χ1v) is 16.5. The van der Waals surface area contributed by atoms with Gasteiger partial charge in [0.15, 0.2) is 12.6 Å². The van der Waals surface area contributed by atoms with Gasteiger partial charge in [-0.15, -0.1) is 10.2 Å². The molecule has 0 spiro atoms. The summed E-state index contributed by atoms with van der Waals surface area (Å²) in [5.74, 6) is 0.607. The van der Waals surface area contributed by atoms with Crippen molar-refractivity contribution >= 4 is 23.2 Å². The van der Waals surface area contributed by atoms with Crippen molar-refractivity contribution in [2.45, 2.75) is 12.1 Å². The standard InChI is InChI=1S/C39H30Cl2N6O3/c1-49-26-50-37-34(40)35(41)38(48)46(43-37)25-27-21-23-28(24-22-27)32-19-11-12-20-33(32)36-42-44-45-47(36)39(29-13-5-2-6-14-29,30-15-7-3-8-16-30)31-17-9-4-10-18-31/h2-24H,25-26H2,1H3. The number of aromatic nitrogens is 6. The molecule has 248 valence electrons. The average Bonchev–Trinajstić information content (AvgIpc) is 3.66. The summed E-state index contributed by atoms with van der Waals surface area (Å²) in [5, 5.41) is 17.7. The normalized spacial score (nSPS) is 11.4. The van der Waals surface area contributed by atoms with E-state index in [0.717, 1.165) is 38.9 Å². The molecule has 0 saturated heterocycles. The quantitative estimate of drug-likeness (QED) is 0.101. The van der Waals surface area contributed by atoms with E-state index < -0.39 is 11.1 Å². The van der Waals surface area contributed by atoms with Crippen LogP contribution in [-0.2, 0) is 16.8 Å². The number of benzene rings is 5. The van der Waals surface area contributed by atoms with Gasteiger partial charge in [-0.05, 0) is 43.8 Å². The molecule has 0 saturated carbocycles. The second-order valence-corrected chi connectivity index (χ2v) is 12.2. The molecule has 5 aromatic carbocycles. The van der Waals surface area contributed by atoms with E-state index >= 15 is 0 Å². The van der Waals surface area contributed by atoms with Crippen molar-refractivity contribution in [3.05, 3.63) is 182 Å². The molecule has 9 nitrogen and oxygen atoms in total. The Morgan fingerprint density at radius 1 is 0.680 bits per heavy atom. The Hall–Kier alpha value is -5.61. The molecule has 7 aromatic rings. The Morgan fingerprint density at radius 3 is 1.78 bits per heavy atom. The smallest absolute Gasteiger partial charge is 0.287 e. The summed E-state index contributed by atoms with van der Waals surface area (Å²) in [5.41, 5.74) is 5.13. The summed E-state index contributed by atoms with van der Waals surface area (Å²) in [6.07, 6.45) is 0. The lowest BCUT2D eigenvalue weighted by Crippen LogP contribution is -2.39. The van der Waals surface area contributed by atoms with Crippen LogP contribution in [0.25, 0.3) is 22.5 Å². The molecule has 0 atom stereocenters. The molecule has 50 heavy (non-hydrogen) atoms. The molecule has 0 fully saturated rings. The second-order valence-electron chi connectivity index (χ2n) is 11.4.